The number of anilines is 1. The van der Waals surface area contributed by atoms with Crippen molar-refractivity contribution in [1.82, 2.24) is 0 Å². The highest BCUT2D eigenvalue weighted by Crippen LogP contribution is 2.28. The number of amides is 2. The van der Waals surface area contributed by atoms with Crippen molar-refractivity contribution < 1.29 is 23.5 Å². The summed E-state index contributed by atoms with van der Waals surface area (Å²) in [5.74, 6) is -2.20. The van der Waals surface area contributed by atoms with Crippen LogP contribution in [-0.2, 0) is 4.74 Å². The summed E-state index contributed by atoms with van der Waals surface area (Å²) in [5, 5.41) is 2.46. The van der Waals surface area contributed by atoms with Crippen LogP contribution >= 0.6 is 15.9 Å². The maximum absolute atomic E-state index is 12.3. The van der Waals surface area contributed by atoms with Gasteiger partial charge in [-0.15, -0.1) is 0 Å². The Morgan fingerprint density at radius 1 is 1.21 bits per heavy atom. The summed E-state index contributed by atoms with van der Waals surface area (Å²) in [6.45, 7) is 3.24. The van der Waals surface area contributed by atoms with E-state index in [2.05, 4.69) is 21.2 Å². The smallest absolute Gasteiger partial charge is 0.342 e. The number of nitrogens with two attached hydrogens (primary N) is 1. The standard InChI is InChI=1S/C16H15BrN2O5/c1-3-23-16(22)11-8(2)24-15(12(11)13(18)20)19-14(21)9-4-6-10(17)7-5-9/h4-7H,3H2,1-2H3,(H2,18,20)(H,19,21). The molecular formula is C16H15BrN2O5. The summed E-state index contributed by atoms with van der Waals surface area (Å²) < 4.78 is 11.1. The predicted molar refractivity (Wildman–Crippen MR) is 90.0 cm³/mol. The van der Waals surface area contributed by atoms with E-state index in [1.165, 1.54) is 6.92 Å². The van der Waals surface area contributed by atoms with Crippen LogP contribution in [0.2, 0.25) is 0 Å². The van der Waals surface area contributed by atoms with Gasteiger partial charge in [-0.1, -0.05) is 15.9 Å². The molecule has 0 saturated carbocycles. The van der Waals surface area contributed by atoms with Gasteiger partial charge in [0.15, 0.2) is 0 Å². The SMILES string of the molecule is CCOC(=O)c1c(C)oc(NC(=O)c2ccc(Br)cc2)c1C(N)=O. The molecule has 0 spiro atoms. The molecule has 1 aromatic carbocycles. The molecule has 0 aliphatic heterocycles. The van der Waals surface area contributed by atoms with Gasteiger partial charge in [0.25, 0.3) is 11.8 Å². The van der Waals surface area contributed by atoms with E-state index in [9.17, 15) is 14.4 Å². The van der Waals surface area contributed by atoms with Crippen LogP contribution in [0.3, 0.4) is 0 Å². The summed E-state index contributed by atoms with van der Waals surface area (Å²) in [4.78, 5) is 36.0. The lowest BCUT2D eigenvalue weighted by Gasteiger charge is -2.05. The minimum atomic E-state index is -0.902. The van der Waals surface area contributed by atoms with E-state index in [0.29, 0.717) is 5.56 Å². The van der Waals surface area contributed by atoms with Crippen molar-refractivity contribution in [3.05, 3.63) is 51.2 Å². The molecule has 0 aliphatic carbocycles. The van der Waals surface area contributed by atoms with E-state index in [4.69, 9.17) is 14.9 Å². The van der Waals surface area contributed by atoms with Crippen molar-refractivity contribution in [1.29, 1.82) is 0 Å². The summed E-state index contributed by atoms with van der Waals surface area (Å²) in [6.07, 6.45) is 0. The number of hydrogen-bond acceptors (Lipinski definition) is 5. The molecule has 0 saturated heterocycles. The van der Waals surface area contributed by atoms with Crippen LogP contribution in [0, 0.1) is 6.92 Å². The molecule has 0 unspecified atom stereocenters. The third-order valence-corrected chi connectivity index (χ3v) is 3.67. The van der Waals surface area contributed by atoms with E-state index in [1.54, 1.807) is 31.2 Å². The van der Waals surface area contributed by atoms with Crippen LogP contribution in [0.5, 0.6) is 0 Å². The average molecular weight is 395 g/mol. The number of benzene rings is 1. The van der Waals surface area contributed by atoms with Crippen molar-refractivity contribution in [2.75, 3.05) is 11.9 Å². The number of hydrogen-bond donors (Lipinski definition) is 2. The molecule has 0 fully saturated rings. The number of carbonyl (C=O) groups excluding carboxylic acids is 3. The molecule has 1 heterocycles. The largest absolute Gasteiger partial charge is 0.462 e. The number of furan rings is 1. The van der Waals surface area contributed by atoms with Crippen molar-refractivity contribution in [2.24, 2.45) is 5.73 Å². The van der Waals surface area contributed by atoms with Crippen LogP contribution in [0.25, 0.3) is 0 Å². The fourth-order valence-electron chi connectivity index (χ4n) is 2.09. The van der Waals surface area contributed by atoms with Crippen LogP contribution in [0.15, 0.2) is 33.2 Å². The fourth-order valence-corrected chi connectivity index (χ4v) is 2.36. The first-order valence-corrected chi connectivity index (χ1v) is 7.81. The van der Waals surface area contributed by atoms with Gasteiger partial charge < -0.3 is 14.9 Å². The Labute approximate surface area is 146 Å². The average Bonchev–Trinajstić information content (AvgIpc) is 2.84. The second-order valence-corrected chi connectivity index (χ2v) is 5.70. The van der Waals surface area contributed by atoms with Gasteiger partial charge in [-0.2, -0.15) is 0 Å². The molecule has 8 heteroatoms. The molecule has 0 radical (unpaired) electrons. The Morgan fingerprint density at radius 2 is 1.83 bits per heavy atom. The minimum absolute atomic E-state index is 0.0875. The molecule has 24 heavy (non-hydrogen) atoms. The number of rotatable bonds is 5. The normalized spacial score (nSPS) is 10.3. The Morgan fingerprint density at radius 3 is 2.38 bits per heavy atom. The van der Waals surface area contributed by atoms with Crippen molar-refractivity contribution in [2.45, 2.75) is 13.8 Å². The van der Waals surface area contributed by atoms with Gasteiger partial charge in [0, 0.05) is 10.0 Å². The number of aryl methyl sites for hydroxylation is 1. The maximum Gasteiger partial charge on any atom is 0.342 e. The van der Waals surface area contributed by atoms with Gasteiger partial charge in [0.05, 0.1) is 6.61 Å². The Balaban J connectivity index is 2.38. The van der Waals surface area contributed by atoms with Crippen LogP contribution < -0.4 is 11.1 Å². The molecule has 3 N–H and O–H groups in total. The molecule has 2 rings (SSSR count). The molecule has 0 atom stereocenters. The molecule has 0 aliphatic rings. The number of primary amides is 1. The van der Waals surface area contributed by atoms with E-state index in [-0.39, 0.29) is 29.4 Å². The van der Waals surface area contributed by atoms with Crippen molar-refractivity contribution in [3.8, 4) is 0 Å². The summed E-state index contributed by atoms with van der Waals surface area (Å²) in [7, 11) is 0. The minimum Gasteiger partial charge on any atom is -0.462 e. The van der Waals surface area contributed by atoms with Gasteiger partial charge in [-0.25, -0.2) is 4.79 Å². The predicted octanol–water partition coefficient (Wildman–Crippen LogP) is 2.88. The van der Waals surface area contributed by atoms with E-state index in [0.717, 1.165) is 4.47 Å². The zero-order valence-corrected chi connectivity index (χ0v) is 14.6. The molecule has 2 aromatic rings. The molecule has 126 valence electrons. The monoisotopic (exact) mass is 394 g/mol. The van der Waals surface area contributed by atoms with Crippen LogP contribution in [-0.4, -0.2) is 24.4 Å². The highest BCUT2D eigenvalue weighted by molar-refractivity contribution is 9.10. The van der Waals surface area contributed by atoms with E-state index >= 15 is 0 Å². The maximum atomic E-state index is 12.3. The Bertz CT molecular complexity index is 796. The van der Waals surface area contributed by atoms with Crippen molar-refractivity contribution in [3.63, 3.8) is 0 Å². The van der Waals surface area contributed by atoms with Gasteiger partial charge in [0.1, 0.15) is 16.9 Å². The van der Waals surface area contributed by atoms with Crippen LogP contribution in [0.4, 0.5) is 5.88 Å². The van der Waals surface area contributed by atoms with Crippen molar-refractivity contribution >= 4 is 39.6 Å². The molecule has 1 aromatic heterocycles. The third kappa shape index (κ3) is 3.65. The lowest BCUT2D eigenvalue weighted by molar-refractivity contribution is 0.0521. The molecule has 7 nitrogen and oxygen atoms in total. The summed E-state index contributed by atoms with van der Waals surface area (Å²) >= 11 is 3.27. The number of halogens is 1. The highest BCUT2D eigenvalue weighted by atomic mass is 79.9. The molecule has 2 amide bonds. The number of esters is 1. The Kier molecular flexibility index (Phi) is 5.40. The zero-order valence-electron chi connectivity index (χ0n) is 13.0. The first kappa shape index (κ1) is 17.7. The summed E-state index contributed by atoms with van der Waals surface area (Å²) in [6, 6.07) is 6.57. The molecular weight excluding hydrogens is 380 g/mol. The number of ether oxygens (including phenoxy) is 1. The van der Waals surface area contributed by atoms with Gasteiger partial charge >= 0.3 is 5.97 Å². The second kappa shape index (κ2) is 7.31. The third-order valence-electron chi connectivity index (χ3n) is 3.14. The van der Waals surface area contributed by atoms with Gasteiger partial charge in [0.2, 0.25) is 5.88 Å². The first-order valence-electron chi connectivity index (χ1n) is 7.02. The zero-order chi connectivity index (χ0) is 17.9. The first-order chi connectivity index (χ1) is 11.3. The lowest BCUT2D eigenvalue weighted by Crippen LogP contribution is -2.20. The quantitative estimate of drug-likeness (QED) is 0.757. The lowest BCUT2D eigenvalue weighted by atomic mass is 10.1. The molecule has 0 bridgehead atoms. The van der Waals surface area contributed by atoms with E-state index < -0.39 is 17.8 Å². The number of nitrogens with one attached hydrogen (secondary N) is 1. The Hall–Kier alpha value is -2.61. The second-order valence-electron chi connectivity index (χ2n) is 4.78. The van der Waals surface area contributed by atoms with Gasteiger partial charge in [-0.3, -0.25) is 14.9 Å². The van der Waals surface area contributed by atoms with Crippen LogP contribution in [0.1, 0.15) is 43.8 Å². The van der Waals surface area contributed by atoms with Gasteiger partial charge in [-0.05, 0) is 38.1 Å². The fraction of sp³-hybridized carbons (Fsp3) is 0.188. The number of carbonyl (C=O) groups is 3. The topological polar surface area (TPSA) is 112 Å². The summed E-state index contributed by atoms with van der Waals surface area (Å²) in [5.41, 5.74) is 5.38. The highest BCUT2D eigenvalue weighted by Gasteiger charge is 2.29. The van der Waals surface area contributed by atoms with E-state index in [1.807, 2.05) is 0 Å².